The van der Waals surface area contributed by atoms with Crippen LogP contribution in [-0.4, -0.2) is 21.6 Å². The number of nitrogens with zero attached hydrogens (tertiary/aromatic N) is 1. The van der Waals surface area contributed by atoms with Crippen molar-refractivity contribution in [2.75, 3.05) is 0 Å². The van der Waals surface area contributed by atoms with Crippen molar-refractivity contribution in [3.8, 4) is 11.4 Å². The van der Waals surface area contributed by atoms with E-state index >= 15 is 0 Å². The molecule has 0 fully saturated rings. The predicted molar refractivity (Wildman–Crippen MR) is 185 cm³/mol. The molecule has 0 amide bonds. The molecule has 1 radical (unpaired) electrons. The minimum Gasteiger partial charge on any atom is -0.506 e. The number of hydrogen-bond acceptors (Lipinski definition) is 4. The van der Waals surface area contributed by atoms with Crippen LogP contribution in [0.5, 0.6) is 5.75 Å². The molecule has 0 aliphatic rings. The number of benzene rings is 6. The monoisotopic (exact) mass is 814 g/mol. The van der Waals surface area contributed by atoms with Crippen LogP contribution < -0.4 is 21.5 Å². The van der Waals surface area contributed by atoms with E-state index in [0.717, 1.165) is 20.5 Å². The second-order valence-electron chi connectivity index (χ2n) is 10.8. The molecule has 0 aliphatic carbocycles. The molecule has 5 nitrogen and oxygen atoms in total. The number of pyridine rings is 1. The van der Waals surface area contributed by atoms with E-state index in [9.17, 15) is 32.4 Å². The summed E-state index contributed by atoms with van der Waals surface area (Å²) in [6, 6.07) is 47.1. The largest absolute Gasteiger partial charge is 0.506 e. The zero-order valence-electron chi connectivity index (χ0n) is 25.6. The van der Waals surface area contributed by atoms with Crippen LogP contribution in [0.3, 0.4) is 0 Å². The van der Waals surface area contributed by atoms with E-state index in [-0.39, 0.29) is 66.0 Å². The normalized spacial score (nSPS) is 11.3. The van der Waals surface area contributed by atoms with E-state index in [4.69, 9.17) is 0 Å². The molecule has 6 aromatic carbocycles. The van der Waals surface area contributed by atoms with Crippen molar-refractivity contribution >= 4 is 50.5 Å². The van der Waals surface area contributed by atoms with Gasteiger partial charge < -0.3 is 9.67 Å². The average molecular weight is 814 g/mol. The Kier molecular flexibility index (Phi) is 11.2. The summed E-state index contributed by atoms with van der Waals surface area (Å²) in [4.78, 5) is 24.9. The van der Waals surface area contributed by atoms with E-state index in [0.29, 0.717) is 10.8 Å². The third kappa shape index (κ3) is 7.13. The van der Waals surface area contributed by atoms with Crippen LogP contribution >= 0.6 is 7.14 Å². The number of para-hydroxylation sites is 1. The molecule has 0 spiro atoms. The Morgan fingerprint density at radius 1 is 0.612 bits per heavy atom. The van der Waals surface area contributed by atoms with Gasteiger partial charge in [0, 0.05) is 76.4 Å². The molecule has 7 aromatic rings. The SMILES string of the molecule is O=C(c1c(O)c2c3ccccc3ccc2n(-c2ccccc2)c1=O)C(F)(F)F.O=P(c1ccccc1)(c1ccccc1)c1ccccc1.[Eu]. The second-order valence-corrected chi connectivity index (χ2v) is 13.6. The minimum atomic E-state index is -5.30. The maximum Gasteiger partial charge on any atom is 0.455 e. The molecule has 10 heteroatoms. The Hall–Kier alpha value is -4.14. The van der Waals surface area contributed by atoms with Crippen molar-refractivity contribution in [3.05, 3.63) is 174 Å². The van der Waals surface area contributed by atoms with Crippen LogP contribution in [0.15, 0.2) is 163 Å². The van der Waals surface area contributed by atoms with Crippen LogP contribution in [0.4, 0.5) is 13.2 Å². The number of aromatic hydroxyl groups is 1. The third-order valence-corrected chi connectivity index (χ3v) is 11.0. The van der Waals surface area contributed by atoms with E-state index in [1.54, 1.807) is 48.5 Å². The number of carbonyl (C=O) groups is 1. The number of Topliss-reactive ketones (excluding diaryl/α,β-unsaturated/α-hetero) is 1. The molecule has 0 atom stereocenters. The first kappa shape index (κ1) is 36.2. The van der Waals surface area contributed by atoms with E-state index in [2.05, 4.69) is 0 Å². The minimum absolute atomic E-state index is 0. The molecular weight excluding hydrogens is 786 g/mol. The van der Waals surface area contributed by atoms with Gasteiger partial charge in [-0.15, -0.1) is 0 Å². The molecule has 0 aliphatic heterocycles. The zero-order valence-corrected chi connectivity index (χ0v) is 28.9. The van der Waals surface area contributed by atoms with Crippen molar-refractivity contribution in [1.82, 2.24) is 4.57 Å². The predicted octanol–water partition coefficient (Wildman–Crippen LogP) is 7.92. The van der Waals surface area contributed by atoms with Crippen LogP contribution in [-0.2, 0) is 4.57 Å². The van der Waals surface area contributed by atoms with Gasteiger partial charge in [0.15, 0.2) is 7.14 Å². The van der Waals surface area contributed by atoms with Crippen LogP contribution in [0, 0.1) is 49.4 Å². The standard InChI is InChI=1S/C21H12F3NO3.C18H15OP.Eu/c22-21(23,24)19(27)17-18(26)16-14-9-5-4-6-12(14)10-11-15(16)25(20(17)28)13-7-2-1-3-8-13;19-20(16-10-4-1-5-11-16,17-12-6-2-7-13-17)18-14-8-3-9-15-18;/h1-11,26H;1-15H;. The molecule has 0 saturated heterocycles. The molecule has 245 valence electrons. The third-order valence-electron chi connectivity index (χ3n) is 7.90. The zero-order chi connectivity index (χ0) is 33.9. The first-order valence-electron chi connectivity index (χ1n) is 14.9. The number of rotatable bonds is 5. The summed E-state index contributed by atoms with van der Waals surface area (Å²) in [5, 5.41) is 14.3. The van der Waals surface area contributed by atoms with Gasteiger partial charge in [-0.25, -0.2) is 0 Å². The van der Waals surface area contributed by atoms with E-state index in [1.807, 2.05) is 91.0 Å². The van der Waals surface area contributed by atoms with Crippen molar-refractivity contribution in [3.63, 3.8) is 0 Å². The topological polar surface area (TPSA) is 76.4 Å². The fourth-order valence-electron chi connectivity index (χ4n) is 5.68. The summed E-state index contributed by atoms with van der Waals surface area (Å²) >= 11 is 0. The van der Waals surface area contributed by atoms with E-state index in [1.165, 1.54) is 18.2 Å². The number of carbonyl (C=O) groups excluding carboxylic acids is 1. The molecule has 0 bridgehead atoms. The van der Waals surface area contributed by atoms with Gasteiger partial charge in [-0.05, 0) is 29.0 Å². The average Bonchev–Trinajstić information content (AvgIpc) is 3.12. The quantitative estimate of drug-likeness (QED) is 0.109. The maximum absolute atomic E-state index is 13.8. The Labute approximate surface area is 320 Å². The number of aromatic nitrogens is 1. The van der Waals surface area contributed by atoms with Crippen molar-refractivity contribution in [2.24, 2.45) is 0 Å². The Balaban J connectivity index is 0.000000197. The summed E-state index contributed by atoms with van der Waals surface area (Å²) in [7, 11) is -2.78. The van der Waals surface area contributed by atoms with Gasteiger partial charge in [0.05, 0.1) is 5.52 Å². The molecule has 1 aromatic heterocycles. The van der Waals surface area contributed by atoms with Crippen LogP contribution in [0.25, 0.3) is 27.4 Å². The smallest absolute Gasteiger partial charge is 0.455 e. The Morgan fingerprint density at radius 2 is 1.04 bits per heavy atom. The molecule has 7 rings (SSSR count). The van der Waals surface area contributed by atoms with Gasteiger partial charge in [-0.1, -0.05) is 140 Å². The summed E-state index contributed by atoms with van der Waals surface area (Å²) in [5.74, 6) is -3.35. The summed E-state index contributed by atoms with van der Waals surface area (Å²) in [6.07, 6.45) is -5.30. The van der Waals surface area contributed by atoms with Crippen molar-refractivity contribution in [1.29, 1.82) is 0 Å². The molecule has 1 N–H and O–H groups in total. The fraction of sp³-hybridized carbons (Fsp3) is 0.0256. The summed E-state index contributed by atoms with van der Waals surface area (Å²) in [5.41, 5.74) is -2.04. The summed E-state index contributed by atoms with van der Waals surface area (Å²) < 4.78 is 54.2. The van der Waals surface area contributed by atoms with Gasteiger partial charge in [0.1, 0.15) is 11.3 Å². The summed E-state index contributed by atoms with van der Waals surface area (Å²) in [6.45, 7) is 0. The van der Waals surface area contributed by atoms with Crippen molar-refractivity contribution in [2.45, 2.75) is 6.18 Å². The number of alkyl halides is 3. The number of fused-ring (bicyclic) bond motifs is 3. The molecular formula is C39H27EuF3NO4P. The van der Waals surface area contributed by atoms with Crippen LogP contribution in [0.2, 0.25) is 0 Å². The van der Waals surface area contributed by atoms with Gasteiger partial charge in [-0.3, -0.25) is 14.2 Å². The Bertz CT molecular complexity index is 2250. The second kappa shape index (κ2) is 15.2. The van der Waals surface area contributed by atoms with Gasteiger partial charge in [-0.2, -0.15) is 13.2 Å². The molecule has 1 heterocycles. The van der Waals surface area contributed by atoms with Crippen molar-refractivity contribution < 1.29 is 77.0 Å². The van der Waals surface area contributed by atoms with Crippen LogP contribution in [0.1, 0.15) is 10.4 Å². The maximum atomic E-state index is 13.8. The Morgan fingerprint density at radius 3 is 1.51 bits per heavy atom. The first-order chi connectivity index (χ1) is 23.1. The fourth-order valence-corrected chi connectivity index (χ4v) is 8.35. The van der Waals surface area contributed by atoms with E-state index < -0.39 is 36.0 Å². The molecule has 0 saturated carbocycles. The molecule has 0 unspecified atom stereocenters. The van der Waals surface area contributed by atoms with Gasteiger partial charge in [0.2, 0.25) is 0 Å². The first-order valence-corrected chi connectivity index (χ1v) is 16.6. The van der Waals surface area contributed by atoms with Gasteiger partial charge >= 0.3 is 6.18 Å². The number of halogens is 3. The number of hydrogen-bond donors (Lipinski definition) is 1. The number of ketones is 1. The molecule has 49 heavy (non-hydrogen) atoms. The van der Waals surface area contributed by atoms with Gasteiger partial charge in [0.25, 0.3) is 11.3 Å².